The number of nitrogens with one attached hydrogen (secondary N) is 1. The molecule has 0 radical (unpaired) electrons. The van der Waals surface area contributed by atoms with E-state index in [9.17, 15) is 13.2 Å². The van der Waals surface area contributed by atoms with Crippen molar-refractivity contribution in [1.29, 1.82) is 0 Å². The molecule has 104 valence electrons. The van der Waals surface area contributed by atoms with E-state index in [1.807, 2.05) is 0 Å². The van der Waals surface area contributed by atoms with Crippen molar-refractivity contribution in [2.75, 3.05) is 5.73 Å². The van der Waals surface area contributed by atoms with Crippen LogP contribution in [-0.4, -0.2) is 15.0 Å². The minimum atomic E-state index is -4.36. The number of rotatable bonds is 2. The van der Waals surface area contributed by atoms with E-state index in [4.69, 9.17) is 5.73 Å². The lowest BCUT2D eigenvalue weighted by Gasteiger charge is -2.05. The summed E-state index contributed by atoms with van der Waals surface area (Å²) in [5, 5.41) is 2.25. The second-order valence-electron chi connectivity index (χ2n) is 4.27. The summed E-state index contributed by atoms with van der Waals surface area (Å²) in [6.45, 7) is 0. The molecule has 0 saturated heterocycles. The molecule has 0 saturated carbocycles. The molecule has 4 nitrogen and oxygen atoms in total. The number of aromatic amines is 1. The van der Waals surface area contributed by atoms with Crippen molar-refractivity contribution in [3.05, 3.63) is 40.7 Å². The highest BCUT2D eigenvalue weighted by molar-refractivity contribution is 7.13. The quantitative estimate of drug-likeness (QED) is 0.763. The van der Waals surface area contributed by atoms with Crippen LogP contribution in [0.4, 0.5) is 18.3 Å². The van der Waals surface area contributed by atoms with Crippen LogP contribution in [0.2, 0.25) is 0 Å². The predicted octanol–water partition coefficient (Wildman–Crippen LogP) is 3.21. The zero-order valence-corrected chi connectivity index (χ0v) is 10.8. The van der Waals surface area contributed by atoms with E-state index in [0.29, 0.717) is 28.4 Å². The van der Waals surface area contributed by atoms with E-state index in [0.717, 1.165) is 17.8 Å². The zero-order chi connectivity index (χ0) is 14.3. The standard InChI is InChI=1S/C12H9F3N4S/c13-12(14,15)6-1-2-8-9(3-6)19-10(18-8)4-7-5-20-11(16)17-7/h1-3,5H,4H2,(H2,16,17)(H,18,19). The first-order valence-electron chi connectivity index (χ1n) is 5.67. The number of aromatic nitrogens is 3. The van der Waals surface area contributed by atoms with E-state index >= 15 is 0 Å². The fourth-order valence-electron chi connectivity index (χ4n) is 1.90. The van der Waals surface area contributed by atoms with Gasteiger partial charge in [0.05, 0.1) is 22.3 Å². The van der Waals surface area contributed by atoms with Crippen LogP contribution in [0.1, 0.15) is 17.1 Å². The number of imidazole rings is 1. The van der Waals surface area contributed by atoms with E-state index in [-0.39, 0.29) is 0 Å². The maximum Gasteiger partial charge on any atom is 0.416 e. The van der Waals surface area contributed by atoms with Crippen LogP contribution < -0.4 is 5.73 Å². The topological polar surface area (TPSA) is 67.6 Å². The molecule has 2 aromatic heterocycles. The maximum absolute atomic E-state index is 12.6. The van der Waals surface area contributed by atoms with Crippen molar-refractivity contribution in [3.63, 3.8) is 0 Å². The monoisotopic (exact) mass is 298 g/mol. The van der Waals surface area contributed by atoms with Crippen LogP contribution in [0.3, 0.4) is 0 Å². The number of thiazole rings is 1. The number of H-pyrrole nitrogens is 1. The Hall–Kier alpha value is -2.09. The van der Waals surface area contributed by atoms with Crippen LogP contribution in [0, 0.1) is 0 Å². The van der Waals surface area contributed by atoms with Crippen molar-refractivity contribution in [1.82, 2.24) is 15.0 Å². The number of fused-ring (bicyclic) bond motifs is 1. The number of hydrogen-bond acceptors (Lipinski definition) is 4. The molecule has 3 aromatic rings. The fourth-order valence-corrected chi connectivity index (χ4v) is 2.46. The fraction of sp³-hybridized carbons (Fsp3) is 0.167. The van der Waals surface area contributed by atoms with Crippen LogP contribution in [0.25, 0.3) is 11.0 Å². The van der Waals surface area contributed by atoms with Crippen molar-refractivity contribution in [3.8, 4) is 0 Å². The Morgan fingerprint density at radius 3 is 2.70 bits per heavy atom. The molecule has 0 bridgehead atoms. The third-order valence-electron chi connectivity index (χ3n) is 2.78. The second kappa shape index (κ2) is 4.48. The largest absolute Gasteiger partial charge is 0.416 e. The molecule has 0 aliphatic rings. The summed E-state index contributed by atoms with van der Waals surface area (Å²) in [4.78, 5) is 11.2. The third-order valence-corrected chi connectivity index (χ3v) is 3.50. The molecule has 1 aromatic carbocycles. The number of nitrogens with two attached hydrogens (primary N) is 1. The Kier molecular flexibility index (Phi) is 2.89. The molecule has 20 heavy (non-hydrogen) atoms. The lowest BCUT2D eigenvalue weighted by Crippen LogP contribution is -2.04. The Morgan fingerprint density at radius 2 is 2.05 bits per heavy atom. The van der Waals surface area contributed by atoms with Gasteiger partial charge in [-0.1, -0.05) is 0 Å². The Balaban J connectivity index is 1.94. The summed E-state index contributed by atoms with van der Waals surface area (Å²) in [6, 6.07) is 3.43. The highest BCUT2D eigenvalue weighted by atomic mass is 32.1. The normalized spacial score (nSPS) is 12.2. The van der Waals surface area contributed by atoms with Crippen LogP contribution in [0.15, 0.2) is 23.6 Å². The molecular formula is C12H9F3N4S. The van der Waals surface area contributed by atoms with Crippen LogP contribution in [0.5, 0.6) is 0 Å². The maximum atomic E-state index is 12.6. The number of alkyl halides is 3. The first-order chi connectivity index (χ1) is 9.41. The summed E-state index contributed by atoms with van der Waals surface area (Å²) in [5.74, 6) is 0.560. The zero-order valence-electron chi connectivity index (χ0n) is 10.0. The van der Waals surface area contributed by atoms with Gasteiger partial charge >= 0.3 is 6.18 Å². The molecule has 8 heteroatoms. The van der Waals surface area contributed by atoms with Crippen LogP contribution >= 0.6 is 11.3 Å². The van der Waals surface area contributed by atoms with Crippen molar-refractivity contribution in [2.45, 2.75) is 12.6 Å². The van der Waals surface area contributed by atoms with Gasteiger partial charge in [-0.25, -0.2) is 9.97 Å². The molecule has 0 aliphatic carbocycles. The summed E-state index contributed by atoms with van der Waals surface area (Å²) < 4.78 is 37.8. The lowest BCUT2D eigenvalue weighted by atomic mass is 10.2. The Labute approximate surface area is 115 Å². The average Bonchev–Trinajstić information content (AvgIpc) is 2.93. The molecule has 0 fully saturated rings. The highest BCUT2D eigenvalue weighted by Gasteiger charge is 2.30. The first kappa shape index (κ1) is 12.9. The molecule has 0 spiro atoms. The van der Waals surface area contributed by atoms with Gasteiger partial charge in [-0.05, 0) is 18.2 Å². The van der Waals surface area contributed by atoms with Crippen LogP contribution in [-0.2, 0) is 12.6 Å². The van der Waals surface area contributed by atoms with Crippen molar-refractivity contribution in [2.24, 2.45) is 0 Å². The number of benzene rings is 1. The number of anilines is 1. The highest BCUT2D eigenvalue weighted by Crippen LogP contribution is 2.31. The second-order valence-corrected chi connectivity index (χ2v) is 5.16. The lowest BCUT2D eigenvalue weighted by molar-refractivity contribution is -0.137. The minimum Gasteiger partial charge on any atom is -0.375 e. The van der Waals surface area contributed by atoms with Gasteiger partial charge in [-0.2, -0.15) is 13.2 Å². The minimum absolute atomic E-state index is 0.359. The van der Waals surface area contributed by atoms with E-state index < -0.39 is 11.7 Å². The molecule has 0 aliphatic heterocycles. The number of nitrogen functional groups attached to an aromatic ring is 1. The number of hydrogen-bond donors (Lipinski definition) is 2. The van der Waals surface area contributed by atoms with E-state index in [1.54, 1.807) is 5.38 Å². The van der Waals surface area contributed by atoms with Gasteiger partial charge in [-0.15, -0.1) is 11.3 Å². The summed E-state index contributed by atoms with van der Waals surface area (Å²) >= 11 is 1.31. The molecule has 0 amide bonds. The molecule has 3 N–H and O–H groups in total. The van der Waals surface area contributed by atoms with Gasteiger partial charge in [0.1, 0.15) is 5.82 Å². The van der Waals surface area contributed by atoms with Gasteiger partial charge in [0.25, 0.3) is 0 Å². The average molecular weight is 298 g/mol. The van der Waals surface area contributed by atoms with Gasteiger partial charge in [-0.3, -0.25) is 0 Å². The number of halogens is 3. The number of nitrogens with zero attached hydrogens (tertiary/aromatic N) is 2. The summed E-state index contributed by atoms with van der Waals surface area (Å²) in [5.41, 5.74) is 6.42. The molecule has 0 atom stereocenters. The van der Waals surface area contributed by atoms with Crippen molar-refractivity contribution >= 4 is 27.5 Å². The summed E-state index contributed by atoms with van der Waals surface area (Å²) in [7, 11) is 0. The SMILES string of the molecule is Nc1nc(Cc2nc3ccc(C(F)(F)F)cc3[nH]2)cs1. The first-order valence-corrected chi connectivity index (χ1v) is 6.55. The predicted molar refractivity (Wildman–Crippen MR) is 70.4 cm³/mol. The van der Waals surface area contributed by atoms with Gasteiger partial charge in [0.15, 0.2) is 5.13 Å². The summed E-state index contributed by atoms with van der Waals surface area (Å²) in [6.07, 6.45) is -3.95. The van der Waals surface area contributed by atoms with Crippen molar-refractivity contribution < 1.29 is 13.2 Å². The molecule has 2 heterocycles. The molecular weight excluding hydrogens is 289 g/mol. The Morgan fingerprint density at radius 1 is 1.25 bits per heavy atom. The Bertz CT molecular complexity index is 759. The van der Waals surface area contributed by atoms with Gasteiger partial charge in [0.2, 0.25) is 0 Å². The van der Waals surface area contributed by atoms with Gasteiger partial charge < -0.3 is 10.7 Å². The third kappa shape index (κ3) is 2.46. The molecule has 3 rings (SSSR count). The molecule has 0 unspecified atom stereocenters. The van der Waals surface area contributed by atoms with Gasteiger partial charge in [0, 0.05) is 11.8 Å². The van der Waals surface area contributed by atoms with E-state index in [2.05, 4.69) is 15.0 Å². The van der Waals surface area contributed by atoms with E-state index in [1.165, 1.54) is 17.4 Å². The smallest absolute Gasteiger partial charge is 0.375 e.